The van der Waals surface area contributed by atoms with E-state index in [-0.39, 0.29) is 10.7 Å². The van der Waals surface area contributed by atoms with Gasteiger partial charge in [0, 0.05) is 11.9 Å². The van der Waals surface area contributed by atoms with Gasteiger partial charge in [0.25, 0.3) is 10.0 Å². The Bertz CT molecular complexity index is 656. The van der Waals surface area contributed by atoms with E-state index < -0.39 is 10.0 Å². The molecule has 2 aromatic rings. The number of hydrogen-bond donors (Lipinski definition) is 2. The number of nitrogens with one attached hydrogen (secondary N) is 1. The van der Waals surface area contributed by atoms with Gasteiger partial charge in [-0.25, -0.2) is 8.42 Å². The summed E-state index contributed by atoms with van der Waals surface area (Å²) in [5.41, 5.74) is 6.90. The summed E-state index contributed by atoms with van der Waals surface area (Å²) in [5.74, 6) is 0.173. The Hall–Kier alpha value is -2.15. The Morgan fingerprint density at radius 2 is 2.06 bits per heavy atom. The summed E-state index contributed by atoms with van der Waals surface area (Å²) in [5, 5.41) is 7.26. The quantitative estimate of drug-likeness (QED) is 0.811. The van der Waals surface area contributed by atoms with Crippen molar-refractivity contribution in [2.45, 2.75) is 11.8 Å². The Labute approximate surface area is 105 Å². The number of hydrogen-bond acceptors (Lipinski definition) is 5. The van der Waals surface area contributed by atoms with E-state index in [0.717, 1.165) is 0 Å². The van der Waals surface area contributed by atoms with Crippen molar-refractivity contribution in [2.24, 2.45) is 0 Å². The average Bonchev–Trinajstić information content (AvgIpc) is 2.33. The highest BCUT2D eigenvalue weighted by atomic mass is 32.2. The average molecular weight is 264 g/mol. The van der Waals surface area contributed by atoms with Gasteiger partial charge in [0.15, 0.2) is 5.82 Å². The van der Waals surface area contributed by atoms with Crippen LogP contribution in [0, 0.1) is 6.92 Å². The van der Waals surface area contributed by atoms with Crippen molar-refractivity contribution in [2.75, 3.05) is 10.5 Å². The van der Waals surface area contributed by atoms with Crippen molar-refractivity contribution in [1.82, 2.24) is 10.2 Å². The minimum absolute atomic E-state index is 0.139. The Kier molecular flexibility index (Phi) is 3.15. The van der Waals surface area contributed by atoms with E-state index in [9.17, 15) is 8.42 Å². The van der Waals surface area contributed by atoms with E-state index in [1.54, 1.807) is 19.1 Å². The first-order chi connectivity index (χ1) is 8.49. The molecule has 0 saturated carbocycles. The van der Waals surface area contributed by atoms with Gasteiger partial charge in [0.1, 0.15) is 0 Å². The van der Waals surface area contributed by atoms with Crippen molar-refractivity contribution in [1.29, 1.82) is 0 Å². The van der Waals surface area contributed by atoms with Crippen molar-refractivity contribution in [3.63, 3.8) is 0 Å². The second-order valence-corrected chi connectivity index (χ2v) is 5.42. The van der Waals surface area contributed by atoms with Gasteiger partial charge in [-0.15, -0.1) is 5.10 Å². The molecule has 3 N–H and O–H groups in total. The molecule has 0 amide bonds. The minimum atomic E-state index is -3.66. The molecule has 0 aliphatic heterocycles. The van der Waals surface area contributed by atoms with Crippen molar-refractivity contribution < 1.29 is 8.42 Å². The van der Waals surface area contributed by atoms with E-state index in [1.807, 2.05) is 0 Å². The molecule has 0 atom stereocenters. The maximum absolute atomic E-state index is 12.0. The summed E-state index contributed by atoms with van der Waals surface area (Å²) in [4.78, 5) is 0.139. The Balaban J connectivity index is 2.34. The highest BCUT2D eigenvalue weighted by Crippen LogP contribution is 2.18. The number of benzene rings is 1. The number of rotatable bonds is 3. The van der Waals surface area contributed by atoms with Crippen LogP contribution in [0.15, 0.2) is 41.4 Å². The fourth-order valence-corrected chi connectivity index (χ4v) is 2.45. The Morgan fingerprint density at radius 1 is 1.28 bits per heavy atom. The number of aryl methyl sites for hydroxylation is 1. The van der Waals surface area contributed by atoms with Gasteiger partial charge in [-0.3, -0.25) is 4.72 Å². The molecule has 0 radical (unpaired) electrons. The first-order valence-electron chi connectivity index (χ1n) is 5.16. The third kappa shape index (κ3) is 2.57. The fourth-order valence-electron chi connectivity index (χ4n) is 1.37. The molecule has 0 fully saturated rings. The largest absolute Gasteiger partial charge is 0.399 e. The summed E-state index contributed by atoms with van der Waals surface area (Å²) in [7, 11) is -3.66. The molecule has 0 saturated heterocycles. The number of anilines is 2. The number of nitrogens with zero attached hydrogens (tertiary/aromatic N) is 2. The van der Waals surface area contributed by atoms with Crippen LogP contribution in [0.3, 0.4) is 0 Å². The molecule has 6 nitrogen and oxygen atoms in total. The lowest BCUT2D eigenvalue weighted by Gasteiger charge is -2.08. The van der Waals surface area contributed by atoms with Crippen LogP contribution in [0.4, 0.5) is 11.5 Å². The zero-order valence-electron chi connectivity index (χ0n) is 9.66. The highest BCUT2D eigenvalue weighted by molar-refractivity contribution is 7.92. The van der Waals surface area contributed by atoms with E-state index in [1.165, 1.54) is 24.4 Å². The predicted octanol–water partition coefficient (Wildman–Crippen LogP) is 1.17. The monoisotopic (exact) mass is 264 g/mol. The molecule has 94 valence electrons. The maximum atomic E-state index is 12.0. The van der Waals surface area contributed by atoms with Gasteiger partial charge in [-0.05, 0) is 42.8 Å². The first kappa shape index (κ1) is 12.3. The third-order valence-electron chi connectivity index (χ3n) is 2.36. The molecular weight excluding hydrogens is 252 g/mol. The summed E-state index contributed by atoms with van der Waals surface area (Å²) >= 11 is 0. The lowest BCUT2D eigenvalue weighted by molar-refractivity contribution is 0.601. The molecule has 7 heteroatoms. The Morgan fingerprint density at radius 3 is 2.67 bits per heavy atom. The second-order valence-electron chi connectivity index (χ2n) is 3.73. The smallest absolute Gasteiger partial charge is 0.263 e. The van der Waals surface area contributed by atoms with Crippen molar-refractivity contribution in [3.8, 4) is 0 Å². The number of nitrogen functional groups attached to an aromatic ring is 1. The lowest BCUT2D eigenvalue weighted by Crippen LogP contribution is -2.14. The second kappa shape index (κ2) is 4.61. The molecule has 0 spiro atoms. The normalized spacial score (nSPS) is 11.2. The third-order valence-corrected chi connectivity index (χ3v) is 3.72. The maximum Gasteiger partial charge on any atom is 0.263 e. The van der Waals surface area contributed by atoms with Gasteiger partial charge < -0.3 is 5.73 Å². The van der Waals surface area contributed by atoms with Crippen molar-refractivity contribution in [3.05, 3.63) is 42.1 Å². The molecule has 0 bridgehead atoms. The zero-order chi connectivity index (χ0) is 13.2. The lowest BCUT2D eigenvalue weighted by atomic mass is 10.2. The van der Waals surface area contributed by atoms with Gasteiger partial charge >= 0.3 is 0 Å². The van der Waals surface area contributed by atoms with Gasteiger partial charge in [0.05, 0.1) is 4.90 Å². The SMILES string of the molecule is Cc1cc(S(=O)(=O)Nc2cccnn2)ccc1N. The van der Waals surface area contributed by atoms with Crippen LogP contribution in [0.1, 0.15) is 5.56 Å². The van der Waals surface area contributed by atoms with E-state index in [4.69, 9.17) is 5.73 Å². The van der Waals surface area contributed by atoms with Crippen molar-refractivity contribution >= 4 is 21.5 Å². The molecule has 1 aromatic heterocycles. The van der Waals surface area contributed by atoms with Crippen LogP contribution < -0.4 is 10.5 Å². The molecule has 0 aliphatic carbocycles. The highest BCUT2D eigenvalue weighted by Gasteiger charge is 2.15. The molecular formula is C11H12N4O2S. The standard InChI is InChI=1S/C11H12N4O2S/c1-8-7-9(4-5-10(8)12)18(16,17)15-11-3-2-6-13-14-11/h2-7H,12H2,1H3,(H,14,15). The van der Waals surface area contributed by atoms with Crippen LogP contribution in [0.25, 0.3) is 0 Å². The van der Waals surface area contributed by atoms with E-state index >= 15 is 0 Å². The summed E-state index contributed by atoms with van der Waals surface area (Å²) in [6.45, 7) is 1.75. The predicted molar refractivity (Wildman–Crippen MR) is 68.4 cm³/mol. The fraction of sp³-hybridized carbons (Fsp3) is 0.0909. The summed E-state index contributed by atoms with van der Waals surface area (Å²) in [6.07, 6.45) is 1.46. The van der Waals surface area contributed by atoms with Crippen LogP contribution in [0.5, 0.6) is 0 Å². The first-order valence-corrected chi connectivity index (χ1v) is 6.64. The van der Waals surface area contributed by atoms with Gasteiger partial charge in [-0.1, -0.05) is 0 Å². The zero-order valence-corrected chi connectivity index (χ0v) is 10.5. The summed E-state index contributed by atoms with van der Waals surface area (Å²) in [6, 6.07) is 7.63. The topological polar surface area (TPSA) is 98.0 Å². The molecule has 0 unspecified atom stereocenters. The number of sulfonamides is 1. The molecule has 1 heterocycles. The molecule has 0 aliphatic rings. The molecule has 2 rings (SSSR count). The van der Waals surface area contributed by atoms with E-state index in [2.05, 4.69) is 14.9 Å². The summed E-state index contributed by atoms with van der Waals surface area (Å²) < 4.78 is 26.4. The van der Waals surface area contributed by atoms with E-state index in [0.29, 0.717) is 11.3 Å². The van der Waals surface area contributed by atoms with Gasteiger partial charge in [-0.2, -0.15) is 5.10 Å². The van der Waals surface area contributed by atoms with Crippen LogP contribution >= 0.6 is 0 Å². The van der Waals surface area contributed by atoms with Crippen LogP contribution in [-0.2, 0) is 10.0 Å². The van der Waals surface area contributed by atoms with Crippen LogP contribution in [0.2, 0.25) is 0 Å². The molecule has 1 aromatic carbocycles. The molecule has 18 heavy (non-hydrogen) atoms. The van der Waals surface area contributed by atoms with Gasteiger partial charge in [0.2, 0.25) is 0 Å². The number of aromatic nitrogens is 2. The minimum Gasteiger partial charge on any atom is -0.399 e. The number of nitrogens with two attached hydrogens (primary N) is 1. The van der Waals surface area contributed by atoms with Crippen LogP contribution in [-0.4, -0.2) is 18.6 Å².